The van der Waals surface area contributed by atoms with E-state index in [1.807, 2.05) is 0 Å². The zero-order chi connectivity index (χ0) is 14.0. The van der Waals surface area contributed by atoms with Gasteiger partial charge in [-0.15, -0.1) is 13.2 Å². The van der Waals surface area contributed by atoms with Crippen molar-refractivity contribution in [3.63, 3.8) is 0 Å². The van der Waals surface area contributed by atoms with E-state index in [1.165, 1.54) is 24.3 Å². The fourth-order valence-corrected chi connectivity index (χ4v) is 1.34. The Hall–Kier alpha value is -2.09. The van der Waals surface area contributed by atoms with Gasteiger partial charge in [-0.2, -0.15) is 4.98 Å². The molecule has 102 valence electrons. The highest BCUT2D eigenvalue weighted by Crippen LogP contribution is 2.25. The van der Waals surface area contributed by atoms with Gasteiger partial charge >= 0.3 is 6.36 Å². The van der Waals surface area contributed by atoms with Gasteiger partial charge in [0.25, 0.3) is 0 Å². The summed E-state index contributed by atoms with van der Waals surface area (Å²) in [5, 5.41) is 3.68. The summed E-state index contributed by atoms with van der Waals surface area (Å²) in [5.74, 6) is 0.198. The first-order chi connectivity index (χ1) is 8.85. The molecule has 0 spiro atoms. The molecule has 8 heteroatoms. The Labute approximate surface area is 106 Å². The van der Waals surface area contributed by atoms with Gasteiger partial charge in [-0.1, -0.05) is 5.16 Å². The molecule has 0 saturated heterocycles. The first-order valence-corrected chi connectivity index (χ1v) is 5.30. The number of rotatable bonds is 3. The van der Waals surface area contributed by atoms with Crippen LogP contribution >= 0.6 is 0 Å². The Bertz CT molecular complexity index is 549. The van der Waals surface area contributed by atoms with Gasteiger partial charge in [0.2, 0.25) is 11.7 Å². The van der Waals surface area contributed by atoms with Gasteiger partial charge in [-0.3, -0.25) is 0 Å². The molecule has 1 aromatic heterocycles. The van der Waals surface area contributed by atoms with E-state index >= 15 is 0 Å². The van der Waals surface area contributed by atoms with Gasteiger partial charge < -0.3 is 15.0 Å². The van der Waals surface area contributed by atoms with Gasteiger partial charge in [-0.05, 0) is 31.2 Å². The minimum absolute atomic E-state index is 0.255. The molecule has 0 aliphatic carbocycles. The van der Waals surface area contributed by atoms with Crippen molar-refractivity contribution in [2.75, 3.05) is 0 Å². The lowest BCUT2D eigenvalue weighted by Gasteiger charge is -2.08. The Morgan fingerprint density at radius 3 is 2.37 bits per heavy atom. The molecule has 0 aliphatic rings. The Morgan fingerprint density at radius 1 is 1.26 bits per heavy atom. The lowest BCUT2D eigenvalue weighted by Crippen LogP contribution is -2.16. The maximum Gasteiger partial charge on any atom is 0.573 e. The van der Waals surface area contributed by atoms with E-state index in [-0.39, 0.29) is 17.5 Å². The second kappa shape index (κ2) is 4.88. The van der Waals surface area contributed by atoms with Crippen LogP contribution in [0.15, 0.2) is 28.8 Å². The zero-order valence-electron chi connectivity index (χ0n) is 9.81. The van der Waals surface area contributed by atoms with Crippen molar-refractivity contribution >= 4 is 0 Å². The Kier molecular flexibility index (Phi) is 3.43. The summed E-state index contributed by atoms with van der Waals surface area (Å²) in [5.41, 5.74) is 6.06. The van der Waals surface area contributed by atoms with Crippen LogP contribution in [0.2, 0.25) is 0 Å². The van der Waals surface area contributed by atoms with Crippen LogP contribution in [-0.2, 0) is 0 Å². The van der Waals surface area contributed by atoms with Crippen LogP contribution in [0.4, 0.5) is 13.2 Å². The molecule has 1 atom stereocenters. The minimum atomic E-state index is -4.71. The van der Waals surface area contributed by atoms with Crippen molar-refractivity contribution in [1.29, 1.82) is 0 Å². The molecule has 0 bridgehead atoms. The maximum atomic E-state index is 12.0. The summed E-state index contributed by atoms with van der Waals surface area (Å²) < 4.78 is 44.6. The predicted molar refractivity (Wildman–Crippen MR) is 59.0 cm³/mol. The quantitative estimate of drug-likeness (QED) is 0.930. The lowest BCUT2D eigenvalue weighted by molar-refractivity contribution is -0.274. The van der Waals surface area contributed by atoms with E-state index < -0.39 is 12.4 Å². The number of nitrogens with zero attached hydrogens (tertiary/aromatic N) is 2. The molecule has 2 aromatic rings. The van der Waals surface area contributed by atoms with E-state index in [0.29, 0.717) is 5.56 Å². The average molecular weight is 273 g/mol. The molecule has 2 rings (SSSR count). The van der Waals surface area contributed by atoms with Crippen molar-refractivity contribution in [2.24, 2.45) is 5.73 Å². The first kappa shape index (κ1) is 13.3. The number of halogens is 3. The molecule has 0 amide bonds. The first-order valence-electron chi connectivity index (χ1n) is 5.30. The van der Waals surface area contributed by atoms with Gasteiger partial charge in [0.05, 0.1) is 6.04 Å². The van der Waals surface area contributed by atoms with Gasteiger partial charge in [0.15, 0.2) is 0 Å². The van der Waals surface area contributed by atoms with Crippen LogP contribution in [-0.4, -0.2) is 16.5 Å². The summed E-state index contributed by atoms with van der Waals surface area (Å²) in [4.78, 5) is 4.02. The average Bonchev–Trinajstić information content (AvgIpc) is 2.77. The summed E-state index contributed by atoms with van der Waals surface area (Å²) in [6, 6.07) is 4.73. The molecule has 0 radical (unpaired) electrons. The number of alkyl halides is 3. The number of hydrogen-bond donors (Lipinski definition) is 1. The monoisotopic (exact) mass is 273 g/mol. The van der Waals surface area contributed by atoms with Crippen LogP contribution in [0.1, 0.15) is 18.9 Å². The largest absolute Gasteiger partial charge is 0.573 e. The highest BCUT2D eigenvalue weighted by atomic mass is 19.4. The number of nitrogens with two attached hydrogens (primary N) is 1. The second-order valence-corrected chi connectivity index (χ2v) is 3.82. The molecule has 0 saturated carbocycles. The highest BCUT2D eigenvalue weighted by molar-refractivity contribution is 5.55. The Balaban J connectivity index is 2.17. The Morgan fingerprint density at radius 2 is 1.89 bits per heavy atom. The number of hydrogen-bond acceptors (Lipinski definition) is 5. The normalized spacial score (nSPS) is 13.3. The molecule has 1 aromatic carbocycles. The smallest absolute Gasteiger partial charge is 0.406 e. The summed E-state index contributed by atoms with van der Waals surface area (Å²) in [6.45, 7) is 1.68. The SMILES string of the molecule is C[C@H](N)c1nc(-c2ccc(OC(F)(F)F)cc2)no1. The number of aromatic nitrogens is 2. The molecule has 5 nitrogen and oxygen atoms in total. The van der Waals surface area contributed by atoms with E-state index in [0.717, 1.165) is 0 Å². The molecule has 1 heterocycles. The van der Waals surface area contributed by atoms with Gasteiger partial charge in [-0.25, -0.2) is 0 Å². The van der Waals surface area contributed by atoms with E-state index in [2.05, 4.69) is 14.9 Å². The minimum Gasteiger partial charge on any atom is -0.406 e. The number of ether oxygens (including phenoxy) is 1. The molecule has 19 heavy (non-hydrogen) atoms. The van der Waals surface area contributed by atoms with E-state index in [9.17, 15) is 13.2 Å². The van der Waals surface area contributed by atoms with Crippen molar-refractivity contribution in [1.82, 2.24) is 10.1 Å². The van der Waals surface area contributed by atoms with Crippen molar-refractivity contribution in [3.8, 4) is 17.1 Å². The molecule has 0 aliphatic heterocycles. The molecular formula is C11H10F3N3O2. The number of benzene rings is 1. The third-order valence-electron chi connectivity index (χ3n) is 2.18. The fourth-order valence-electron chi connectivity index (χ4n) is 1.34. The summed E-state index contributed by atoms with van der Waals surface area (Å²) >= 11 is 0. The van der Waals surface area contributed by atoms with Crippen LogP contribution in [0.5, 0.6) is 5.75 Å². The van der Waals surface area contributed by atoms with Crippen molar-refractivity contribution in [2.45, 2.75) is 19.3 Å². The predicted octanol–water partition coefficient (Wildman–Crippen LogP) is 2.65. The second-order valence-electron chi connectivity index (χ2n) is 3.82. The zero-order valence-corrected chi connectivity index (χ0v) is 9.81. The van der Waals surface area contributed by atoms with Gasteiger partial charge in [0, 0.05) is 5.56 Å². The summed E-state index contributed by atoms with van der Waals surface area (Å²) in [7, 11) is 0. The van der Waals surface area contributed by atoms with Crippen molar-refractivity contribution < 1.29 is 22.4 Å². The molecular weight excluding hydrogens is 263 g/mol. The molecule has 0 fully saturated rings. The van der Waals surface area contributed by atoms with Crippen LogP contribution in [0.3, 0.4) is 0 Å². The fraction of sp³-hybridized carbons (Fsp3) is 0.273. The maximum absolute atomic E-state index is 12.0. The van der Waals surface area contributed by atoms with Gasteiger partial charge in [0.1, 0.15) is 5.75 Å². The van der Waals surface area contributed by atoms with Crippen molar-refractivity contribution in [3.05, 3.63) is 30.2 Å². The van der Waals surface area contributed by atoms with E-state index in [4.69, 9.17) is 10.3 Å². The molecule has 2 N–H and O–H groups in total. The summed E-state index contributed by atoms with van der Waals surface area (Å²) in [6.07, 6.45) is -4.71. The third kappa shape index (κ3) is 3.44. The van der Waals surface area contributed by atoms with Crippen LogP contribution in [0.25, 0.3) is 11.4 Å². The topological polar surface area (TPSA) is 74.2 Å². The lowest BCUT2D eigenvalue weighted by atomic mass is 10.2. The van der Waals surface area contributed by atoms with E-state index in [1.54, 1.807) is 6.92 Å². The third-order valence-corrected chi connectivity index (χ3v) is 2.18. The van der Waals surface area contributed by atoms with Crippen LogP contribution < -0.4 is 10.5 Å². The van der Waals surface area contributed by atoms with Crippen LogP contribution in [0, 0.1) is 0 Å². The molecule has 0 unspecified atom stereocenters. The highest BCUT2D eigenvalue weighted by Gasteiger charge is 2.31. The standard InChI is InChI=1S/C11H10F3N3O2/c1-6(15)10-16-9(17-19-10)7-2-4-8(5-3-7)18-11(12,13)14/h2-6H,15H2,1H3/t6-/m0/s1.